The summed E-state index contributed by atoms with van der Waals surface area (Å²) < 4.78 is 114. The van der Waals surface area contributed by atoms with Crippen LogP contribution in [0.4, 0.5) is 26.3 Å². The Bertz CT molecular complexity index is 4570. The summed E-state index contributed by atoms with van der Waals surface area (Å²) in [6.07, 6.45) is -9.55. The van der Waals surface area contributed by atoms with Crippen LogP contribution in [0.3, 0.4) is 0 Å². The number of aliphatic hydroxyl groups excluding tert-OH is 1. The normalized spacial score (nSPS) is 10.8. The molecule has 0 saturated heterocycles. The summed E-state index contributed by atoms with van der Waals surface area (Å²) in [6, 6.07) is 38.7. The molecule has 0 aliphatic carbocycles. The van der Waals surface area contributed by atoms with Gasteiger partial charge in [0.2, 0.25) is 35.3 Å². The molecule has 0 unspecified atom stereocenters. The predicted octanol–water partition coefficient (Wildman–Crippen LogP) is 10.4. The molecule has 516 valence electrons. The zero-order valence-corrected chi connectivity index (χ0v) is 53.4. The number of methoxy groups -OCH3 is 6. The van der Waals surface area contributed by atoms with Crippen LogP contribution in [-0.2, 0) is 19.7 Å². The van der Waals surface area contributed by atoms with Gasteiger partial charge in [0, 0.05) is 0 Å². The van der Waals surface area contributed by atoms with Crippen LogP contribution in [0, 0.1) is 6.92 Å². The van der Waals surface area contributed by atoms with E-state index >= 15 is 0 Å². The molecule has 99 heavy (non-hydrogen) atoms. The number of aromatic amines is 1. The Morgan fingerprint density at radius 2 is 0.717 bits per heavy atom. The minimum absolute atomic E-state index is 0. The first kappa shape index (κ1) is 74.1. The highest BCUT2D eigenvalue weighted by molar-refractivity contribution is 5.85. The Balaban J connectivity index is 0.000000195. The molecule has 0 amide bonds. The van der Waals surface area contributed by atoms with Gasteiger partial charge in [-0.1, -0.05) is 109 Å². The number of benzene rings is 6. The first-order valence-corrected chi connectivity index (χ1v) is 28.9. The number of alkyl halides is 6. The first-order chi connectivity index (χ1) is 47.0. The summed E-state index contributed by atoms with van der Waals surface area (Å²) in [6.45, 7) is 5.66. The summed E-state index contributed by atoms with van der Waals surface area (Å²) in [4.78, 5) is 62.2. The lowest BCUT2D eigenvalue weighted by atomic mass is 10.0. The van der Waals surface area contributed by atoms with E-state index in [4.69, 9.17) is 33.5 Å². The molecule has 12 rings (SSSR count). The van der Waals surface area contributed by atoms with Crippen molar-refractivity contribution in [3.8, 4) is 80.2 Å². The fourth-order valence-corrected chi connectivity index (χ4v) is 8.79. The van der Waals surface area contributed by atoms with Crippen LogP contribution in [0.2, 0.25) is 0 Å². The molecule has 0 fully saturated rings. The molecule has 0 radical (unpaired) electrons. The molecule has 33 heteroatoms. The van der Waals surface area contributed by atoms with Crippen LogP contribution in [0.5, 0.6) is 46.8 Å². The molecular weight excluding hydrogens is 1310 g/mol. The second-order valence-electron chi connectivity index (χ2n) is 19.7. The van der Waals surface area contributed by atoms with Crippen LogP contribution in [-0.4, -0.2) is 136 Å². The van der Waals surface area contributed by atoms with Crippen LogP contribution in [0.1, 0.15) is 44.3 Å². The summed E-state index contributed by atoms with van der Waals surface area (Å²) in [5, 5.41) is 35.6. The van der Waals surface area contributed by atoms with E-state index in [9.17, 15) is 40.7 Å². The number of hydrogen-bond acceptors (Lipinski definition) is 24. The largest absolute Gasteiger partial charge is 0.573 e. The molecule has 0 aliphatic heterocycles. The molecule has 27 nitrogen and oxygen atoms in total. The van der Waals surface area contributed by atoms with Crippen molar-refractivity contribution >= 4 is 32.7 Å². The maximum atomic E-state index is 13.0. The van der Waals surface area contributed by atoms with Crippen molar-refractivity contribution in [2.24, 2.45) is 0 Å². The van der Waals surface area contributed by atoms with Gasteiger partial charge in [0.1, 0.15) is 47.7 Å². The quantitative estimate of drug-likeness (QED) is 0.0849. The van der Waals surface area contributed by atoms with Gasteiger partial charge >= 0.3 is 12.7 Å². The Morgan fingerprint density at radius 1 is 0.414 bits per heavy atom. The minimum atomic E-state index is -4.77. The Hall–Kier alpha value is -12.3. The van der Waals surface area contributed by atoms with Crippen LogP contribution < -0.4 is 54.6 Å². The molecule has 0 saturated carbocycles. The van der Waals surface area contributed by atoms with Crippen molar-refractivity contribution in [1.82, 2.24) is 75.3 Å². The third-order valence-corrected chi connectivity index (χ3v) is 13.4. The molecule has 6 aromatic heterocycles. The highest BCUT2D eigenvalue weighted by atomic mass is 19.4. The van der Waals surface area contributed by atoms with Gasteiger partial charge in [-0.25, -0.2) is 14.5 Å². The van der Waals surface area contributed by atoms with Crippen LogP contribution in [0.15, 0.2) is 160 Å². The molecule has 0 spiro atoms. The fraction of sp³-hybridized carbons (Fsp3) is 0.227. The Labute approximate surface area is 558 Å². The van der Waals surface area contributed by atoms with Crippen molar-refractivity contribution in [2.45, 2.75) is 60.6 Å². The molecular formula is C66H63F6N15O12. The van der Waals surface area contributed by atoms with Crippen molar-refractivity contribution in [1.29, 1.82) is 0 Å². The molecule has 6 heterocycles. The average Bonchev–Trinajstić information content (AvgIpc) is 0.796. The van der Waals surface area contributed by atoms with Gasteiger partial charge < -0.3 is 43.0 Å². The van der Waals surface area contributed by atoms with E-state index in [1.54, 1.807) is 42.5 Å². The van der Waals surface area contributed by atoms with Gasteiger partial charge in [-0.05, 0) is 101 Å². The van der Waals surface area contributed by atoms with Crippen molar-refractivity contribution in [3.05, 3.63) is 200 Å². The molecule has 0 aliphatic rings. The van der Waals surface area contributed by atoms with Gasteiger partial charge in [-0.2, -0.15) is 29.9 Å². The number of rotatable bonds is 16. The number of nitrogens with zero attached hydrogens (tertiary/aromatic N) is 14. The maximum Gasteiger partial charge on any atom is 0.573 e. The van der Waals surface area contributed by atoms with E-state index in [0.717, 1.165) is 20.5 Å². The van der Waals surface area contributed by atoms with E-state index in [1.807, 2.05) is 51.1 Å². The van der Waals surface area contributed by atoms with Gasteiger partial charge in [-0.3, -0.25) is 14.4 Å². The topological polar surface area (TPSA) is 326 Å². The number of nitrogens with one attached hydrogen (secondary N) is 1. The van der Waals surface area contributed by atoms with Crippen molar-refractivity contribution in [3.63, 3.8) is 0 Å². The lowest BCUT2D eigenvalue weighted by Gasteiger charge is -2.10. The van der Waals surface area contributed by atoms with E-state index in [2.05, 4.69) is 87.5 Å². The monoisotopic (exact) mass is 1370 g/mol. The lowest BCUT2D eigenvalue weighted by Crippen LogP contribution is -2.25. The fourth-order valence-electron chi connectivity index (χ4n) is 8.79. The molecule has 12 aromatic rings. The highest BCUT2D eigenvalue weighted by Crippen LogP contribution is 2.30. The summed E-state index contributed by atoms with van der Waals surface area (Å²) in [5.41, 5.74) is 5.93. The van der Waals surface area contributed by atoms with Gasteiger partial charge in [0.15, 0.2) is 17.5 Å². The summed E-state index contributed by atoms with van der Waals surface area (Å²) in [7, 11) is 8.74. The second kappa shape index (κ2) is 33.9. The third-order valence-electron chi connectivity index (χ3n) is 13.4. The number of aryl methyl sites for hydroxylation is 1. The molecule has 6 aromatic carbocycles. The third kappa shape index (κ3) is 20.1. The first-order valence-electron chi connectivity index (χ1n) is 28.9. The predicted molar refractivity (Wildman–Crippen MR) is 350 cm³/mol. The smallest absolute Gasteiger partial charge is 0.481 e. The van der Waals surface area contributed by atoms with E-state index in [1.165, 1.54) is 109 Å². The zero-order chi connectivity index (χ0) is 70.7. The number of fused-ring (bicyclic) bond motifs is 3. The van der Waals surface area contributed by atoms with Gasteiger partial charge in [0.25, 0.3) is 16.7 Å². The van der Waals surface area contributed by atoms with Crippen molar-refractivity contribution < 1.29 is 69.3 Å². The van der Waals surface area contributed by atoms with E-state index < -0.39 is 23.8 Å². The maximum absolute atomic E-state index is 13.0. The van der Waals surface area contributed by atoms with Crippen molar-refractivity contribution in [2.75, 3.05) is 42.7 Å². The van der Waals surface area contributed by atoms with E-state index in [0.29, 0.717) is 56.0 Å². The minimum Gasteiger partial charge on any atom is -0.481 e. The lowest BCUT2D eigenvalue weighted by molar-refractivity contribution is -0.275. The standard InChI is InChI=1S/2C21H16F3N5O4.C14H11N3O.C7H10N2O3.C2H6.CH4/c2*1-31-18-10-19(32-2)26-17(25-18)11-29-20(30)15-9-13(5-8-16(15)27-28-29)12-3-6-14(7-4-12)33-21(22,23)24;1-9-2-4-10(5-3-9)11-6-7-13-12(8-11)14(18)16-17-15-13;1-11-6-3-7(12-2)9-5(4-10)8-6;1-2;/h2*3-10H,11H2,1-2H3;2-8H,1H3,(H,15,16,18);3,10H,4H2,1-2H3;1-2H3;1H4. The zero-order valence-electron chi connectivity index (χ0n) is 53.4. The number of hydrogen-bond donors (Lipinski definition) is 2. The van der Waals surface area contributed by atoms with Crippen LogP contribution in [0.25, 0.3) is 66.1 Å². The number of aromatic nitrogens is 15. The Morgan fingerprint density at radius 3 is 1.04 bits per heavy atom. The molecule has 2 N–H and O–H groups in total. The number of H-pyrrole nitrogens is 1. The number of aliphatic hydroxyl groups is 1. The molecule has 0 atom stereocenters. The molecule has 0 bridgehead atoms. The van der Waals surface area contributed by atoms with Gasteiger partial charge in [0.05, 0.1) is 77.0 Å². The van der Waals surface area contributed by atoms with E-state index in [-0.39, 0.29) is 95.9 Å². The van der Waals surface area contributed by atoms with Gasteiger partial charge in [-0.15, -0.1) is 41.6 Å². The number of halogens is 6. The van der Waals surface area contributed by atoms with Crippen LogP contribution >= 0.6 is 0 Å². The summed E-state index contributed by atoms with van der Waals surface area (Å²) in [5.74, 6) is 1.89. The second-order valence-corrected chi connectivity index (χ2v) is 19.7. The highest BCUT2D eigenvalue weighted by Gasteiger charge is 2.32. The Kier molecular flexibility index (Phi) is 25.4. The summed E-state index contributed by atoms with van der Waals surface area (Å²) >= 11 is 0. The number of ether oxygens (including phenoxy) is 8. The average molecular weight is 1370 g/mol. The SMILES string of the molecule is C.CC.COc1cc(OC)nc(CO)n1.COc1cc(OC)nc(Cn2nnc3ccc(-c4ccc(OC(F)(F)F)cc4)cc3c2=O)n1.COc1cc(OC)nc(Cn2nnc3ccc(-c4ccc(OC(F)(F)F)cc4)cc3c2=O)n1.Cc1ccc(-c2ccc3nn[nH]c(=O)c3c2)cc1.